The molecule has 7 heteroatoms. The van der Waals surface area contributed by atoms with Gasteiger partial charge in [-0.15, -0.1) is 11.3 Å². The van der Waals surface area contributed by atoms with Gasteiger partial charge in [-0.25, -0.2) is 4.79 Å². The molecule has 1 N–H and O–H groups in total. The number of hydrogen-bond donors (Lipinski definition) is 1. The highest BCUT2D eigenvalue weighted by atomic mass is 32.1. The van der Waals surface area contributed by atoms with Crippen molar-refractivity contribution in [3.63, 3.8) is 0 Å². The molecule has 1 amide bonds. The van der Waals surface area contributed by atoms with Crippen LogP contribution in [0.15, 0.2) is 18.2 Å². The molecule has 1 aliphatic carbocycles. The summed E-state index contributed by atoms with van der Waals surface area (Å²) in [4.78, 5) is 26.6. The first-order valence-corrected chi connectivity index (χ1v) is 10.1. The highest BCUT2D eigenvalue weighted by molar-refractivity contribution is 7.17. The SMILES string of the molecule is CCOC(=O)c1c(NC(=O)c2ccc(OC)c(OC)c2)sc2c1C[C@@H](C)CC2. The van der Waals surface area contributed by atoms with Crippen LogP contribution in [0.4, 0.5) is 5.00 Å². The van der Waals surface area contributed by atoms with Gasteiger partial charge in [-0.1, -0.05) is 6.92 Å². The van der Waals surface area contributed by atoms with Gasteiger partial charge in [-0.3, -0.25) is 4.79 Å². The summed E-state index contributed by atoms with van der Waals surface area (Å²) in [6, 6.07) is 4.96. The Bertz CT molecular complexity index is 889. The van der Waals surface area contributed by atoms with E-state index >= 15 is 0 Å². The van der Waals surface area contributed by atoms with E-state index in [0.29, 0.717) is 40.2 Å². The van der Waals surface area contributed by atoms with Crippen molar-refractivity contribution in [2.45, 2.75) is 33.1 Å². The maximum Gasteiger partial charge on any atom is 0.341 e. The van der Waals surface area contributed by atoms with Gasteiger partial charge in [-0.05, 0) is 55.9 Å². The molecular formula is C21H25NO5S. The Balaban J connectivity index is 1.93. The van der Waals surface area contributed by atoms with Gasteiger partial charge in [0.15, 0.2) is 11.5 Å². The lowest BCUT2D eigenvalue weighted by molar-refractivity contribution is 0.0526. The molecule has 0 bridgehead atoms. The van der Waals surface area contributed by atoms with Crippen LogP contribution in [0.5, 0.6) is 11.5 Å². The number of ether oxygens (including phenoxy) is 3. The van der Waals surface area contributed by atoms with Gasteiger partial charge in [0, 0.05) is 10.4 Å². The first kappa shape index (κ1) is 20.2. The topological polar surface area (TPSA) is 73.9 Å². The van der Waals surface area contributed by atoms with E-state index in [0.717, 1.165) is 29.7 Å². The number of carbonyl (C=O) groups excluding carboxylic acids is 2. The van der Waals surface area contributed by atoms with E-state index < -0.39 is 0 Å². The van der Waals surface area contributed by atoms with Crippen LogP contribution < -0.4 is 14.8 Å². The number of fused-ring (bicyclic) bond motifs is 1. The molecule has 0 fully saturated rings. The Hall–Kier alpha value is -2.54. The summed E-state index contributed by atoms with van der Waals surface area (Å²) in [5.41, 5.74) is 1.94. The molecule has 0 unspecified atom stereocenters. The van der Waals surface area contributed by atoms with Crippen molar-refractivity contribution in [2.75, 3.05) is 26.1 Å². The van der Waals surface area contributed by atoms with Crippen molar-refractivity contribution >= 4 is 28.2 Å². The van der Waals surface area contributed by atoms with Crippen LogP contribution in [-0.4, -0.2) is 32.7 Å². The largest absolute Gasteiger partial charge is 0.493 e. The molecule has 1 aromatic carbocycles. The zero-order chi connectivity index (χ0) is 20.3. The maximum absolute atomic E-state index is 12.8. The lowest BCUT2D eigenvalue weighted by Crippen LogP contribution is -2.17. The molecule has 6 nitrogen and oxygen atoms in total. The minimum Gasteiger partial charge on any atom is -0.493 e. The molecule has 1 aromatic heterocycles. The Morgan fingerprint density at radius 1 is 1.21 bits per heavy atom. The fourth-order valence-electron chi connectivity index (χ4n) is 3.42. The number of nitrogens with one attached hydrogen (secondary N) is 1. The van der Waals surface area contributed by atoms with Gasteiger partial charge in [0.1, 0.15) is 5.00 Å². The number of esters is 1. The molecule has 3 rings (SSSR count). The molecule has 0 aliphatic heterocycles. The van der Waals surface area contributed by atoms with Crippen molar-refractivity contribution in [1.29, 1.82) is 0 Å². The summed E-state index contributed by atoms with van der Waals surface area (Å²) in [7, 11) is 3.06. The average molecular weight is 404 g/mol. The van der Waals surface area contributed by atoms with Crippen molar-refractivity contribution in [1.82, 2.24) is 0 Å². The third-order valence-corrected chi connectivity index (χ3v) is 6.07. The van der Waals surface area contributed by atoms with Gasteiger partial charge in [0.2, 0.25) is 0 Å². The molecule has 0 radical (unpaired) electrons. The second-order valence-corrected chi connectivity index (χ2v) is 7.91. The van der Waals surface area contributed by atoms with E-state index in [1.165, 1.54) is 18.4 Å². The molecule has 0 saturated carbocycles. The normalized spacial score (nSPS) is 15.5. The van der Waals surface area contributed by atoms with Crippen molar-refractivity contribution in [3.05, 3.63) is 39.8 Å². The molecular weight excluding hydrogens is 378 g/mol. The van der Waals surface area contributed by atoms with Crippen molar-refractivity contribution in [3.8, 4) is 11.5 Å². The number of aryl methyl sites for hydroxylation is 1. The number of methoxy groups -OCH3 is 2. The minimum atomic E-state index is -0.378. The fraction of sp³-hybridized carbons (Fsp3) is 0.429. The van der Waals surface area contributed by atoms with Gasteiger partial charge in [0.05, 0.1) is 26.4 Å². The van der Waals surface area contributed by atoms with E-state index in [9.17, 15) is 9.59 Å². The quantitative estimate of drug-likeness (QED) is 0.727. The Morgan fingerprint density at radius 2 is 1.96 bits per heavy atom. The number of hydrogen-bond acceptors (Lipinski definition) is 6. The van der Waals surface area contributed by atoms with Crippen LogP contribution in [0.25, 0.3) is 0 Å². The lowest BCUT2D eigenvalue weighted by Gasteiger charge is -2.18. The van der Waals surface area contributed by atoms with E-state index in [-0.39, 0.29) is 11.9 Å². The Morgan fingerprint density at radius 3 is 2.64 bits per heavy atom. The average Bonchev–Trinajstić information content (AvgIpc) is 3.04. The molecule has 0 spiro atoms. The molecule has 1 aliphatic rings. The number of thiophene rings is 1. The van der Waals surface area contributed by atoms with Gasteiger partial charge in [0.25, 0.3) is 5.91 Å². The summed E-state index contributed by atoms with van der Waals surface area (Å²) in [5, 5.41) is 3.46. The number of carbonyl (C=O) groups is 2. The van der Waals surface area contributed by atoms with Crippen molar-refractivity contribution in [2.24, 2.45) is 5.92 Å². The molecule has 0 saturated heterocycles. The summed E-state index contributed by atoms with van der Waals surface area (Å²) >= 11 is 1.47. The van der Waals surface area contributed by atoms with E-state index in [4.69, 9.17) is 14.2 Å². The van der Waals surface area contributed by atoms with Gasteiger partial charge in [-0.2, -0.15) is 0 Å². The monoisotopic (exact) mass is 403 g/mol. The predicted octanol–water partition coefficient (Wildman–Crippen LogP) is 4.32. The van der Waals surface area contributed by atoms with Crippen LogP contribution in [0.3, 0.4) is 0 Å². The summed E-state index contributed by atoms with van der Waals surface area (Å²) in [6.07, 6.45) is 2.82. The second kappa shape index (κ2) is 8.65. The van der Waals surface area contributed by atoms with Crippen LogP contribution in [0.2, 0.25) is 0 Å². The Kier molecular flexibility index (Phi) is 6.24. The van der Waals surface area contributed by atoms with Crippen molar-refractivity contribution < 1.29 is 23.8 Å². The Labute approximate surface area is 168 Å². The number of rotatable bonds is 6. The number of amides is 1. The number of anilines is 1. The second-order valence-electron chi connectivity index (χ2n) is 6.80. The molecule has 1 atom stereocenters. The smallest absolute Gasteiger partial charge is 0.341 e. The highest BCUT2D eigenvalue weighted by Gasteiger charge is 2.29. The van der Waals surface area contributed by atoms with Gasteiger partial charge < -0.3 is 19.5 Å². The van der Waals surface area contributed by atoms with Gasteiger partial charge >= 0.3 is 5.97 Å². The highest BCUT2D eigenvalue weighted by Crippen LogP contribution is 2.40. The van der Waals surface area contributed by atoms with Crippen LogP contribution in [-0.2, 0) is 17.6 Å². The molecule has 28 heavy (non-hydrogen) atoms. The molecule has 2 aromatic rings. The molecule has 150 valence electrons. The first-order chi connectivity index (χ1) is 13.5. The number of benzene rings is 1. The summed E-state index contributed by atoms with van der Waals surface area (Å²) in [5.74, 6) is 0.839. The summed E-state index contributed by atoms with van der Waals surface area (Å²) in [6.45, 7) is 4.25. The van der Waals surface area contributed by atoms with E-state index in [1.54, 1.807) is 32.2 Å². The van der Waals surface area contributed by atoms with Crippen LogP contribution in [0.1, 0.15) is 51.4 Å². The first-order valence-electron chi connectivity index (χ1n) is 9.33. The lowest BCUT2D eigenvalue weighted by atomic mass is 9.88. The fourth-order valence-corrected chi connectivity index (χ4v) is 4.65. The zero-order valence-corrected chi connectivity index (χ0v) is 17.4. The van der Waals surface area contributed by atoms with E-state index in [1.807, 2.05) is 0 Å². The zero-order valence-electron chi connectivity index (χ0n) is 16.6. The maximum atomic E-state index is 12.8. The third kappa shape index (κ3) is 3.99. The third-order valence-electron chi connectivity index (χ3n) is 4.86. The standard InChI is InChI=1S/C21H25NO5S/c1-5-27-21(24)18-14-10-12(2)6-9-17(14)28-20(18)22-19(23)13-7-8-15(25-3)16(11-13)26-4/h7-8,11-12H,5-6,9-10H2,1-4H3,(H,22,23)/t12-/m0/s1. The summed E-state index contributed by atoms with van der Waals surface area (Å²) < 4.78 is 15.8. The van der Waals surface area contributed by atoms with Crippen LogP contribution in [0, 0.1) is 5.92 Å². The molecule has 1 heterocycles. The minimum absolute atomic E-state index is 0.294. The predicted molar refractivity (Wildman–Crippen MR) is 109 cm³/mol. The van der Waals surface area contributed by atoms with E-state index in [2.05, 4.69) is 12.2 Å². The van der Waals surface area contributed by atoms with Crippen LogP contribution >= 0.6 is 11.3 Å².